The zero-order valence-electron chi connectivity index (χ0n) is 10.9. The lowest BCUT2D eigenvalue weighted by molar-refractivity contribution is 0.326. The van der Waals surface area contributed by atoms with E-state index in [1.54, 1.807) is 12.3 Å². The number of nitrogens with zero attached hydrogens (tertiary/aromatic N) is 2. The Morgan fingerprint density at radius 1 is 1.26 bits per heavy atom. The van der Waals surface area contributed by atoms with Gasteiger partial charge in [0.25, 0.3) is 0 Å². The lowest BCUT2D eigenvalue weighted by Crippen LogP contribution is -2.21. The third kappa shape index (κ3) is 3.93. The van der Waals surface area contributed by atoms with Crippen molar-refractivity contribution in [2.45, 2.75) is 13.0 Å². The first-order chi connectivity index (χ1) is 9.29. The van der Waals surface area contributed by atoms with E-state index < -0.39 is 0 Å². The SMILES string of the molecule is CCOc1ccnc(NCC(N)c2ccccc2)n1. The van der Waals surface area contributed by atoms with Crippen LogP contribution in [0.3, 0.4) is 0 Å². The van der Waals surface area contributed by atoms with Gasteiger partial charge in [-0.05, 0) is 12.5 Å². The van der Waals surface area contributed by atoms with Gasteiger partial charge in [-0.2, -0.15) is 4.98 Å². The average molecular weight is 258 g/mol. The smallest absolute Gasteiger partial charge is 0.226 e. The molecule has 1 aromatic carbocycles. The van der Waals surface area contributed by atoms with Crippen molar-refractivity contribution in [3.05, 3.63) is 48.2 Å². The summed E-state index contributed by atoms with van der Waals surface area (Å²) in [5.74, 6) is 1.09. The molecule has 0 fully saturated rings. The van der Waals surface area contributed by atoms with Gasteiger partial charge in [0, 0.05) is 24.8 Å². The van der Waals surface area contributed by atoms with Crippen molar-refractivity contribution in [2.24, 2.45) is 5.73 Å². The summed E-state index contributed by atoms with van der Waals surface area (Å²) in [7, 11) is 0. The van der Waals surface area contributed by atoms with E-state index in [4.69, 9.17) is 10.5 Å². The van der Waals surface area contributed by atoms with Crippen molar-refractivity contribution < 1.29 is 4.74 Å². The van der Waals surface area contributed by atoms with Crippen LogP contribution in [0, 0.1) is 0 Å². The number of anilines is 1. The summed E-state index contributed by atoms with van der Waals surface area (Å²) in [5, 5.41) is 3.11. The van der Waals surface area contributed by atoms with Gasteiger partial charge in [-0.15, -0.1) is 0 Å². The molecule has 2 rings (SSSR count). The van der Waals surface area contributed by atoms with Crippen LogP contribution in [0.25, 0.3) is 0 Å². The average Bonchev–Trinajstić information content (AvgIpc) is 2.46. The number of hydrogen-bond acceptors (Lipinski definition) is 5. The quantitative estimate of drug-likeness (QED) is 0.829. The molecular formula is C14H18N4O. The fourth-order valence-corrected chi connectivity index (χ4v) is 1.67. The second kappa shape index (κ2) is 6.70. The van der Waals surface area contributed by atoms with Crippen molar-refractivity contribution >= 4 is 5.95 Å². The topological polar surface area (TPSA) is 73.1 Å². The number of nitrogens with one attached hydrogen (secondary N) is 1. The van der Waals surface area contributed by atoms with E-state index in [0.717, 1.165) is 5.56 Å². The molecule has 1 aromatic heterocycles. The van der Waals surface area contributed by atoms with Gasteiger partial charge in [-0.1, -0.05) is 30.3 Å². The van der Waals surface area contributed by atoms with Crippen molar-refractivity contribution in [3.8, 4) is 5.88 Å². The minimum absolute atomic E-state index is 0.0967. The Hall–Kier alpha value is -2.14. The molecule has 5 heteroatoms. The zero-order valence-corrected chi connectivity index (χ0v) is 10.9. The van der Waals surface area contributed by atoms with E-state index in [1.807, 2.05) is 37.3 Å². The highest BCUT2D eigenvalue weighted by molar-refractivity contribution is 5.29. The van der Waals surface area contributed by atoms with Gasteiger partial charge in [0.05, 0.1) is 6.61 Å². The Morgan fingerprint density at radius 2 is 2.05 bits per heavy atom. The molecular weight excluding hydrogens is 240 g/mol. The van der Waals surface area contributed by atoms with E-state index in [2.05, 4.69) is 15.3 Å². The van der Waals surface area contributed by atoms with Crippen LogP contribution in [0.15, 0.2) is 42.6 Å². The fourth-order valence-electron chi connectivity index (χ4n) is 1.67. The first-order valence-electron chi connectivity index (χ1n) is 6.30. The minimum Gasteiger partial charge on any atom is -0.478 e. The van der Waals surface area contributed by atoms with Crippen molar-refractivity contribution in [1.29, 1.82) is 0 Å². The number of nitrogens with two attached hydrogens (primary N) is 1. The van der Waals surface area contributed by atoms with Crippen LogP contribution in [0.5, 0.6) is 5.88 Å². The second-order valence-corrected chi connectivity index (χ2v) is 4.05. The standard InChI is InChI=1S/C14H18N4O/c1-2-19-13-8-9-16-14(18-13)17-10-12(15)11-6-4-3-5-7-11/h3-9,12H,2,10,15H2,1H3,(H,16,17,18). The van der Waals surface area contributed by atoms with Gasteiger partial charge < -0.3 is 15.8 Å². The fraction of sp³-hybridized carbons (Fsp3) is 0.286. The number of hydrogen-bond donors (Lipinski definition) is 2. The maximum absolute atomic E-state index is 6.09. The van der Waals surface area contributed by atoms with Gasteiger partial charge in [-0.25, -0.2) is 4.98 Å². The summed E-state index contributed by atoms with van der Waals surface area (Å²) in [6.45, 7) is 3.07. The van der Waals surface area contributed by atoms with Crippen LogP contribution in [-0.2, 0) is 0 Å². The number of benzene rings is 1. The van der Waals surface area contributed by atoms with Crippen LogP contribution < -0.4 is 15.8 Å². The Balaban J connectivity index is 1.93. The van der Waals surface area contributed by atoms with E-state index >= 15 is 0 Å². The highest BCUT2D eigenvalue weighted by Crippen LogP contribution is 2.12. The molecule has 1 heterocycles. The molecule has 0 amide bonds. The van der Waals surface area contributed by atoms with Gasteiger partial charge in [0.2, 0.25) is 11.8 Å². The summed E-state index contributed by atoms with van der Waals surface area (Å²) in [6, 6.07) is 11.6. The molecule has 0 saturated heterocycles. The molecule has 0 bridgehead atoms. The minimum atomic E-state index is -0.0967. The van der Waals surface area contributed by atoms with Crippen molar-refractivity contribution in [2.75, 3.05) is 18.5 Å². The lowest BCUT2D eigenvalue weighted by atomic mass is 10.1. The summed E-state index contributed by atoms with van der Waals surface area (Å²) >= 11 is 0. The number of rotatable bonds is 6. The summed E-state index contributed by atoms with van der Waals surface area (Å²) in [4.78, 5) is 8.36. The molecule has 1 unspecified atom stereocenters. The third-order valence-corrected chi connectivity index (χ3v) is 2.63. The molecule has 100 valence electrons. The molecule has 0 spiro atoms. The molecule has 2 aromatic rings. The van der Waals surface area contributed by atoms with E-state index in [1.165, 1.54) is 0 Å². The monoisotopic (exact) mass is 258 g/mol. The van der Waals surface area contributed by atoms with Crippen LogP contribution in [0.4, 0.5) is 5.95 Å². The Morgan fingerprint density at radius 3 is 2.79 bits per heavy atom. The van der Waals surface area contributed by atoms with E-state index in [9.17, 15) is 0 Å². The number of ether oxygens (including phenoxy) is 1. The van der Waals surface area contributed by atoms with Crippen LogP contribution in [-0.4, -0.2) is 23.1 Å². The van der Waals surface area contributed by atoms with Gasteiger partial charge >= 0.3 is 0 Å². The summed E-state index contributed by atoms with van der Waals surface area (Å²) in [5.41, 5.74) is 7.17. The lowest BCUT2D eigenvalue weighted by Gasteiger charge is -2.13. The summed E-state index contributed by atoms with van der Waals surface area (Å²) in [6.07, 6.45) is 1.66. The molecule has 0 radical (unpaired) electrons. The first kappa shape index (κ1) is 13.3. The molecule has 0 aliphatic carbocycles. The largest absolute Gasteiger partial charge is 0.478 e. The Kier molecular flexibility index (Phi) is 4.69. The van der Waals surface area contributed by atoms with Gasteiger partial charge in [0.1, 0.15) is 0 Å². The molecule has 19 heavy (non-hydrogen) atoms. The predicted molar refractivity (Wildman–Crippen MR) is 75.1 cm³/mol. The van der Waals surface area contributed by atoms with E-state index in [-0.39, 0.29) is 6.04 Å². The van der Waals surface area contributed by atoms with Gasteiger partial charge in [0.15, 0.2) is 0 Å². The van der Waals surface area contributed by atoms with Crippen LogP contribution in [0.2, 0.25) is 0 Å². The normalized spacial score (nSPS) is 11.9. The second-order valence-electron chi connectivity index (χ2n) is 4.05. The predicted octanol–water partition coefficient (Wildman–Crippen LogP) is 1.99. The van der Waals surface area contributed by atoms with Crippen LogP contribution >= 0.6 is 0 Å². The third-order valence-electron chi connectivity index (χ3n) is 2.63. The number of aromatic nitrogens is 2. The Labute approximate surface area is 112 Å². The van der Waals surface area contributed by atoms with Crippen molar-refractivity contribution in [3.63, 3.8) is 0 Å². The van der Waals surface area contributed by atoms with Gasteiger partial charge in [-0.3, -0.25) is 0 Å². The Bertz CT molecular complexity index is 504. The molecule has 0 aliphatic heterocycles. The highest BCUT2D eigenvalue weighted by Gasteiger charge is 2.06. The molecule has 5 nitrogen and oxygen atoms in total. The zero-order chi connectivity index (χ0) is 13.5. The first-order valence-corrected chi connectivity index (χ1v) is 6.30. The summed E-state index contributed by atoms with van der Waals surface area (Å²) < 4.78 is 5.32. The molecule has 0 aliphatic rings. The maximum Gasteiger partial charge on any atom is 0.226 e. The van der Waals surface area contributed by atoms with Crippen LogP contribution in [0.1, 0.15) is 18.5 Å². The molecule has 1 atom stereocenters. The molecule has 0 saturated carbocycles. The maximum atomic E-state index is 6.09. The highest BCUT2D eigenvalue weighted by atomic mass is 16.5. The van der Waals surface area contributed by atoms with Crippen molar-refractivity contribution in [1.82, 2.24) is 9.97 Å². The van der Waals surface area contributed by atoms with E-state index in [0.29, 0.717) is 25.0 Å². The molecule has 3 N–H and O–H groups in total.